The van der Waals surface area contributed by atoms with Gasteiger partial charge in [-0.2, -0.15) is 0 Å². The van der Waals surface area contributed by atoms with Crippen LogP contribution in [0.4, 0.5) is 4.39 Å². The molecule has 4 saturated heterocycles. The van der Waals surface area contributed by atoms with E-state index in [0.29, 0.717) is 18.5 Å². The molecule has 2 aromatic rings. The van der Waals surface area contributed by atoms with Crippen LogP contribution in [0.5, 0.6) is 0 Å². The third kappa shape index (κ3) is 2.85. The van der Waals surface area contributed by atoms with Gasteiger partial charge in [-0.1, -0.05) is 19.1 Å². The van der Waals surface area contributed by atoms with Gasteiger partial charge in [0.25, 0.3) is 0 Å². The van der Waals surface area contributed by atoms with Crippen LogP contribution in [0.1, 0.15) is 37.1 Å². The highest BCUT2D eigenvalue weighted by molar-refractivity contribution is 5.77. The molecule has 1 aromatic heterocycles. The second-order valence-electron chi connectivity index (χ2n) is 8.38. The zero-order chi connectivity index (χ0) is 19.3. The van der Waals surface area contributed by atoms with Gasteiger partial charge >= 0.3 is 0 Å². The van der Waals surface area contributed by atoms with Crippen molar-refractivity contribution >= 4 is 5.91 Å². The standard InChI is InChI=1S/C22H27FN4O/c1-2-19-24-9-12-26(19)14-20(28)27-13-18(15-3-5-17(23)6-4-15)22-21(27)16-7-10-25(22)11-8-16/h3-6,9,12,16,18,21-22H,2,7-8,10-11,13-14H2,1H3/t18-,21+,22+/m1/s1. The van der Waals surface area contributed by atoms with Gasteiger partial charge in [0.2, 0.25) is 5.91 Å². The number of aromatic nitrogens is 2. The molecule has 1 amide bonds. The van der Waals surface area contributed by atoms with Crippen molar-refractivity contribution in [2.75, 3.05) is 19.6 Å². The molecule has 28 heavy (non-hydrogen) atoms. The molecule has 3 atom stereocenters. The minimum absolute atomic E-state index is 0.182. The summed E-state index contributed by atoms with van der Waals surface area (Å²) in [5, 5.41) is 0. The van der Waals surface area contributed by atoms with Gasteiger partial charge in [0, 0.05) is 37.3 Å². The van der Waals surface area contributed by atoms with Crippen LogP contribution in [0, 0.1) is 11.7 Å². The van der Waals surface area contributed by atoms with Crippen molar-refractivity contribution in [3.05, 3.63) is 53.9 Å². The number of amides is 1. The lowest BCUT2D eigenvalue weighted by molar-refractivity contribution is -0.136. The van der Waals surface area contributed by atoms with E-state index in [1.54, 1.807) is 18.3 Å². The first-order chi connectivity index (χ1) is 13.7. The summed E-state index contributed by atoms with van der Waals surface area (Å²) >= 11 is 0. The van der Waals surface area contributed by atoms with Gasteiger partial charge in [-0.05, 0) is 49.5 Å². The van der Waals surface area contributed by atoms with Crippen molar-refractivity contribution in [2.24, 2.45) is 5.92 Å². The molecule has 0 unspecified atom stereocenters. The highest BCUT2D eigenvalue weighted by Crippen LogP contribution is 2.46. The minimum atomic E-state index is -0.205. The Labute approximate surface area is 165 Å². The number of aryl methyl sites for hydroxylation is 1. The molecule has 0 spiro atoms. The number of rotatable bonds is 4. The predicted molar refractivity (Wildman–Crippen MR) is 104 cm³/mol. The zero-order valence-electron chi connectivity index (χ0n) is 16.3. The van der Waals surface area contributed by atoms with Gasteiger partial charge in [-0.15, -0.1) is 0 Å². The smallest absolute Gasteiger partial charge is 0.242 e. The minimum Gasteiger partial charge on any atom is -0.336 e. The average Bonchev–Trinajstić information content (AvgIpc) is 3.35. The number of nitrogens with zero attached hydrogens (tertiary/aromatic N) is 4. The van der Waals surface area contributed by atoms with Gasteiger partial charge in [0.15, 0.2) is 0 Å². The summed E-state index contributed by atoms with van der Waals surface area (Å²) in [6, 6.07) is 7.53. The van der Waals surface area contributed by atoms with Crippen LogP contribution in [0.15, 0.2) is 36.7 Å². The van der Waals surface area contributed by atoms with E-state index < -0.39 is 0 Å². The van der Waals surface area contributed by atoms with Crippen molar-refractivity contribution in [1.82, 2.24) is 19.4 Å². The first kappa shape index (κ1) is 17.9. The third-order valence-corrected chi connectivity index (χ3v) is 7.04. The summed E-state index contributed by atoms with van der Waals surface area (Å²) < 4.78 is 15.4. The SMILES string of the molecule is CCc1nccn1CC(=O)N1C[C@H](c2ccc(F)cc2)[C@H]2[C@@H]1C1CCN2CC1. The largest absolute Gasteiger partial charge is 0.336 e. The molecule has 0 N–H and O–H groups in total. The molecule has 6 rings (SSSR count). The monoisotopic (exact) mass is 382 g/mol. The highest BCUT2D eigenvalue weighted by atomic mass is 19.1. The van der Waals surface area contributed by atoms with Gasteiger partial charge in [0.1, 0.15) is 18.2 Å². The van der Waals surface area contributed by atoms with Gasteiger partial charge in [-0.3, -0.25) is 9.69 Å². The van der Waals surface area contributed by atoms with E-state index in [9.17, 15) is 9.18 Å². The number of benzene rings is 1. The molecule has 5 heterocycles. The number of imidazole rings is 1. The number of hydrogen-bond acceptors (Lipinski definition) is 3. The molecular weight excluding hydrogens is 355 g/mol. The number of hydrogen-bond donors (Lipinski definition) is 0. The maximum absolute atomic E-state index is 13.5. The average molecular weight is 382 g/mol. The van der Waals surface area contributed by atoms with E-state index in [-0.39, 0.29) is 23.7 Å². The van der Waals surface area contributed by atoms with Crippen LogP contribution in [0.25, 0.3) is 0 Å². The van der Waals surface area contributed by atoms with E-state index in [2.05, 4.69) is 21.7 Å². The molecule has 0 saturated carbocycles. The lowest BCUT2D eigenvalue weighted by Gasteiger charge is -2.51. The van der Waals surface area contributed by atoms with E-state index in [4.69, 9.17) is 0 Å². The Morgan fingerprint density at radius 3 is 2.64 bits per heavy atom. The van der Waals surface area contributed by atoms with Crippen LogP contribution >= 0.6 is 0 Å². The first-order valence-electron chi connectivity index (χ1n) is 10.4. The quantitative estimate of drug-likeness (QED) is 0.816. The molecular formula is C22H27FN4O. The lowest BCUT2D eigenvalue weighted by Crippen LogP contribution is -2.61. The first-order valence-corrected chi connectivity index (χ1v) is 10.4. The van der Waals surface area contributed by atoms with Crippen molar-refractivity contribution in [3.63, 3.8) is 0 Å². The summed E-state index contributed by atoms with van der Waals surface area (Å²) in [5.41, 5.74) is 1.15. The Morgan fingerprint density at radius 1 is 1.18 bits per heavy atom. The molecule has 1 aromatic carbocycles. The predicted octanol–water partition coefficient (Wildman–Crippen LogP) is 2.67. The summed E-state index contributed by atoms with van der Waals surface area (Å²) in [6.07, 6.45) is 6.84. The summed E-state index contributed by atoms with van der Waals surface area (Å²) in [4.78, 5) is 22.4. The van der Waals surface area contributed by atoms with Crippen LogP contribution in [0.2, 0.25) is 0 Å². The lowest BCUT2D eigenvalue weighted by atomic mass is 9.75. The van der Waals surface area contributed by atoms with Gasteiger partial charge < -0.3 is 9.47 Å². The van der Waals surface area contributed by atoms with E-state index in [1.165, 1.54) is 12.8 Å². The topological polar surface area (TPSA) is 41.4 Å². The number of fused-ring (bicyclic) bond motifs is 2. The van der Waals surface area contributed by atoms with Crippen LogP contribution < -0.4 is 0 Å². The van der Waals surface area contributed by atoms with Gasteiger partial charge in [0.05, 0.1) is 6.04 Å². The number of piperidine rings is 3. The highest BCUT2D eigenvalue weighted by Gasteiger charge is 2.54. The fourth-order valence-electron chi connectivity index (χ4n) is 5.74. The zero-order valence-corrected chi connectivity index (χ0v) is 16.3. The molecule has 4 aliphatic rings. The fraction of sp³-hybridized carbons (Fsp3) is 0.545. The number of halogens is 1. The van der Waals surface area contributed by atoms with Gasteiger partial charge in [-0.25, -0.2) is 9.37 Å². The molecule has 0 aliphatic carbocycles. The second kappa shape index (κ2) is 6.99. The normalized spacial score (nSPS) is 31.2. The van der Waals surface area contributed by atoms with E-state index in [1.807, 2.05) is 22.9 Å². The van der Waals surface area contributed by atoms with Crippen LogP contribution in [-0.4, -0.2) is 57.0 Å². The van der Waals surface area contributed by atoms with Crippen LogP contribution in [-0.2, 0) is 17.8 Å². The Balaban J connectivity index is 1.44. The Kier molecular flexibility index (Phi) is 4.46. The van der Waals surface area contributed by atoms with Crippen molar-refractivity contribution in [1.29, 1.82) is 0 Å². The maximum Gasteiger partial charge on any atom is 0.242 e. The number of carbonyl (C=O) groups is 1. The number of likely N-dealkylation sites (tertiary alicyclic amines) is 1. The van der Waals surface area contributed by atoms with Crippen molar-refractivity contribution < 1.29 is 9.18 Å². The molecule has 4 aliphatic heterocycles. The molecule has 2 bridgehead atoms. The fourth-order valence-corrected chi connectivity index (χ4v) is 5.74. The van der Waals surface area contributed by atoms with Crippen molar-refractivity contribution in [2.45, 2.75) is 50.7 Å². The Hall–Kier alpha value is -2.21. The molecule has 148 valence electrons. The van der Waals surface area contributed by atoms with Crippen LogP contribution in [0.3, 0.4) is 0 Å². The summed E-state index contributed by atoms with van der Waals surface area (Å²) in [5.74, 6) is 1.77. The van der Waals surface area contributed by atoms with E-state index >= 15 is 0 Å². The molecule has 5 nitrogen and oxygen atoms in total. The van der Waals surface area contributed by atoms with E-state index in [0.717, 1.165) is 37.4 Å². The molecule has 4 fully saturated rings. The number of carbonyl (C=O) groups excluding carboxylic acids is 1. The van der Waals surface area contributed by atoms with Crippen molar-refractivity contribution in [3.8, 4) is 0 Å². The third-order valence-electron chi connectivity index (χ3n) is 7.04. The second-order valence-corrected chi connectivity index (χ2v) is 8.38. The summed E-state index contributed by atoms with van der Waals surface area (Å²) in [7, 11) is 0. The Morgan fingerprint density at radius 2 is 1.93 bits per heavy atom. The Bertz CT molecular complexity index is 856. The molecule has 6 heteroatoms. The molecule has 0 radical (unpaired) electrons. The summed E-state index contributed by atoms with van der Waals surface area (Å²) in [6.45, 7) is 5.38. The maximum atomic E-state index is 13.5.